The van der Waals surface area contributed by atoms with Crippen LogP contribution in [0.3, 0.4) is 0 Å². The van der Waals surface area contributed by atoms with Gasteiger partial charge in [0.15, 0.2) is 0 Å². The molecule has 0 aliphatic carbocycles. The maximum Gasteiger partial charge on any atom is 0.0449 e. The van der Waals surface area contributed by atoms with Crippen LogP contribution in [0.2, 0.25) is 5.02 Å². The fourth-order valence-corrected chi connectivity index (χ4v) is 3.10. The fraction of sp³-hybridized carbons (Fsp3) is 0.294. The lowest BCUT2D eigenvalue weighted by molar-refractivity contribution is 0.556. The quantitative estimate of drug-likeness (QED) is 0.816. The van der Waals surface area contributed by atoms with Gasteiger partial charge in [-0.3, -0.25) is 0 Å². The number of likely N-dealkylation sites (N-methyl/N-ethyl adjacent to an activating group) is 1. The minimum absolute atomic E-state index is 0.385. The second-order valence-electron chi connectivity index (χ2n) is 5.12. The van der Waals surface area contributed by atoms with E-state index in [0.29, 0.717) is 6.04 Å². The molecule has 0 aliphatic heterocycles. The Morgan fingerprint density at radius 3 is 2.60 bits per heavy atom. The third-order valence-electron chi connectivity index (χ3n) is 3.45. The van der Waals surface area contributed by atoms with Crippen molar-refractivity contribution < 1.29 is 0 Å². The number of hydrogen-bond donors (Lipinski definition) is 1. The molecule has 1 unspecified atom stereocenters. The third kappa shape index (κ3) is 4.34. The van der Waals surface area contributed by atoms with Crippen molar-refractivity contribution in [2.45, 2.75) is 25.8 Å². The van der Waals surface area contributed by atoms with Gasteiger partial charge in [-0.25, -0.2) is 0 Å². The van der Waals surface area contributed by atoms with Gasteiger partial charge in [-0.1, -0.05) is 63.4 Å². The van der Waals surface area contributed by atoms with E-state index in [1.165, 1.54) is 16.7 Å². The highest BCUT2D eigenvalue weighted by Gasteiger charge is 2.11. The number of nitrogens with one attached hydrogen (secondary N) is 1. The van der Waals surface area contributed by atoms with Crippen molar-refractivity contribution in [2.24, 2.45) is 0 Å². The van der Waals surface area contributed by atoms with Crippen molar-refractivity contribution in [3.63, 3.8) is 0 Å². The van der Waals surface area contributed by atoms with Crippen molar-refractivity contribution in [2.75, 3.05) is 7.05 Å². The van der Waals surface area contributed by atoms with Gasteiger partial charge in [-0.05, 0) is 50.1 Å². The SMILES string of the molecule is CNC(Cc1cccc(C)c1)Cc1ccc(Br)cc1Cl. The fourth-order valence-electron chi connectivity index (χ4n) is 2.35. The lowest BCUT2D eigenvalue weighted by Crippen LogP contribution is -2.30. The van der Waals surface area contributed by atoms with Crippen LogP contribution < -0.4 is 5.32 Å². The molecule has 1 atom stereocenters. The summed E-state index contributed by atoms with van der Waals surface area (Å²) in [5.74, 6) is 0. The molecule has 106 valence electrons. The monoisotopic (exact) mass is 351 g/mol. The van der Waals surface area contributed by atoms with Gasteiger partial charge in [0.25, 0.3) is 0 Å². The van der Waals surface area contributed by atoms with Gasteiger partial charge in [0, 0.05) is 15.5 Å². The van der Waals surface area contributed by atoms with Gasteiger partial charge >= 0.3 is 0 Å². The molecular weight excluding hydrogens is 334 g/mol. The van der Waals surface area contributed by atoms with Crippen molar-refractivity contribution in [3.8, 4) is 0 Å². The predicted octanol–water partition coefficient (Wildman–Crippen LogP) is 4.78. The first-order valence-electron chi connectivity index (χ1n) is 6.75. The zero-order valence-corrected chi connectivity index (χ0v) is 14.1. The van der Waals surface area contributed by atoms with Crippen LogP contribution in [0.15, 0.2) is 46.9 Å². The molecule has 0 heterocycles. The molecule has 0 amide bonds. The largest absolute Gasteiger partial charge is 0.316 e. The van der Waals surface area contributed by atoms with Crippen molar-refractivity contribution >= 4 is 27.5 Å². The van der Waals surface area contributed by atoms with Crippen LogP contribution in [-0.4, -0.2) is 13.1 Å². The molecule has 0 aliphatic rings. The van der Waals surface area contributed by atoms with E-state index in [0.717, 1.165) is 22.3 Å². The summed E-state index contributed by atoms with van der Waals surface area (Å²) in [6, 6.07) is 15.1. The van der Waals surface area contributed by atoms with Crippen molar-refractivity contribution in [1.82, 2.24) is 5.32 Å². The molecule has 3 heteroatoms. The molecule has 0 saturated carbocycles. The summed E-state index contributed by atoms with van der Waals surface area (Å²) in [4.78, 5) is 0. The Morgan fingerprint density at radius 2 is 1.95 bits per heavy atom. The molecule has 2 aromatic carbocycles. The summed E-state index contributed by atoms with van der Waals surface area (Å²) in [5.41, 5.74) is 3.85. The molecule has 1 N–H and O–H groups in total. The summed E-state index contributed by atoms with van der Waals surface area (Å²) < 4.78 is 1.02. The van der Waals surface area contributed by atoms with Gasteiger partial charge < -0.3 is 5.32 Å². The van der Waals surface area contributed by atoms with E-state index in [-0.39, 0.29) is 0 Å². The first kappa shape index (κ1) is 15.6. The Morgan fingerprint density at radius 1 is 1.15 bits per heavy atom. The number of rotatable bonds is 5. The average molecular weight is 353 g/mol. The summed E-state index contributed by atoms with van der Waals surface area (Å²) in [6.07, 6.45) is 1.93. The third-order valence-corrected chi connectivity index (χ3v) is 4.30. The number of hydrogen-bond acceptors (Lipinski definition) is 1. The standard InChI is InChI=1S/C17H19BrClN/c1-12-4-3-5-13(8-12)9-16(20-2)10-14-6-7-15(18)11-17(14)19/h3-8,11,16,20H,9-10H2,1-2H3. The van der Waals surface area contributed by atoms with Crippen LogP contribution in [0, 0.1) is 6.92 Å². The maximum atomic E-state index is 6.30. The Labute approximate surface area is 134 Å². The van der Waals surface area contributed by atoms with E-state index < -0.39 is 0 Å². The topological polar surface area (TPSA) is 12.0 Å². The van der Waals surface area contributed by atoms with Crippen molar-refractivity contribution in [3.05, 3.63) is 68.7 Å². The van der Waals surface area contributed by atoms with Crippen molar-refractivity contribution in [1.29, 1.82) is 0 Å². The highest BCUT2D eigenvalue weighted by atomic mass is 79.9. The van der Waals surface area contributed by atoms with Gasteiger partial charge in [0.05, 0.1) is 0 Å². The van der Waals surface area contributed by atoms with Gasteiger partial charge in [-0.15, -0.1) is 0 Å². The second-order valence-corrected chi connectivity index (χ2v) is 6.44. The van der Waals surface area contributed by atoms with Gasteiger partial charge in [0.2, 0.25) is 0 Å². The Kier molecular flexibility index (Phi) is 5.64. The van der Waals surface area contributed by atoms with E-state index in [1.807, 2.05) is 19.2 Å². The molecule has 20 heavy (non-hydrogen) atoms. The molecule has 1 nitrogen and oxygen atoms in total. The second kappa shape index (κ2) is 7.26. The molecule has 0 fully saturated rings. The van der Waals surface area contributed by atoms with E-state index in [9.17, 15) is 0 Å². The predicted molar refractivity (Wildman–Crippen MR) is 90.6 cm³/mol. The van der Waals surface area contributed by atoms with E-state index >= 15 is 0 Å². The summed E-state index contributed by atoms with van der Waals surface area (Å²) in [7, 11) is 2.01. The molecule has 2 aromatic rings. The first-order valence-corrected chi connectivity index (χ1v) is 7.92. The van der Waals surface area contributed by atoms with E-state index in [2.05, 4.69) is 58.5 Å². The molecule has 0 aromatic heterocycles. The van der Waals surface area contributed by atoms with Gasteiger partial charge in [-0.2, -0.15) is 0 Å². The number of benzene rings is 2. The smallest absolute Gasteiger partial charge is 0.0449 e. The van der Waals surface area contributed by atoms with Crippen LogP contribution in [0.5, 0.6) is 0 Å². The molecule has 0 saturated heterocycles. The Balaban J connectivity index is 2.09. The summed E-state index contributed by atoms with van der Waals surface area (Å²) >= 11 is 9.74. The summed E-state index contributed by atoms with van der Waals surface area (Å²) in [5, 5.41) is 4.21. The lowest BCUT2D eigenvalue weighted by Gasteiger charge is -2.17. The van der Waals surface area contributed by atoms with Crippen LogP contribution in [0.4, 0.5) is 0 Å². The molecule has 0 spiro atoms. The molecular formula is C17H19BrClN. The average Bonchev–Trinajstić information content (AvgIpc) is 2.41. The van der Waals surface area contributed by atoms with E-state index in [4.69, 9.17) is 11.6 Å². The van der Waals surface area contributed by atoms with Crippen LogP contribution in [-0.2, 0) is 12.8 Å². The maximum absolute atomic E-state index is 6.30. The zero-order valence-electron chi connectivity index (χ0n) is 11.8. The van der Waals surface area contributed by atoms with Crippen LogP contribution in [0.1, 0.15) is 16.7 Å². The number of halogens is 2. The molecule has 0 bridgehead atoms. The minimum Gasteiger partial charge on any atom is -0.316 e. The zero-order chi connectivity index (χ0) is 14.5. The normalized spacial score (nSPS) is 12.4. The highest BCUT2D eigenvalue weighted by molar-refractivity contribution is 9.10. The molecule has 2 rings (SSSR count). The highest BCUT2D eigenvalue weighted by Crippen LogP contribution is 2.23. The molecule has 0 radical (unpaired) electrons. The first-order chi connectivity index (χ1) is 9.58. The van der Waals surface area contributed by atoms with Crippen LogP contribution in [0.25, 0.3) is 0 Å². The lowest BCUT2D eigenvalue weighted by atomic mass is 9.98. The number of aryl methyl sites for hydroxylation is 1. The Hall–Kier alpha value is -0.830. The summed E-state index contributed by atoms with van der Waals surface area (Å²) in [6.45, 7) is 2.13. The van der Waals surface area contributed by atoms with E-state index in [1.54, 1.807) is 0 Å². The Bertz CT molecular complexity index is 583. The van der Waals surface area contributed by atoms with Gasteiger partial charge in [0.1, 0.15) is 0 Å². The minimum atomic E-state index is 0.385. The van der Waals surface area contributed by atoms with Crippen LogP contribution >= 0.6 is 27.5 Å².